The molecule has 2 amide bonds. The molecule has 1 aliphatic rings. The van der Waals surface area contributed by atoms with Gasteiger partial charge >= 0.3 is 0 Å². The smallest absolute Gasteiger partial charge is 0.255 e. The molecule has 0 bridgehead atoms. The van der Waals surface area contributed by atoms with Gasteiger partial charge in [0.25, 0.3) is 11.8 Å². The van der Waals surface area contributed by atoms with Crippen molar-refractivity contribution in [3.63, 3.8) is 0 Å². The fourth-order valence-corrected chi connectivity index (χ4v) is 3.00. The first-order valence-electron chi connectivity index (χ1n) is 7.92. The van der Waals surface area contributed by atoms with Crippen LogP contribution in [0, 0.1) is 0 Å². The minimum atomic E-state index is -0.138. The average molecular weight is 360 g/mol. The molecule has 1 fully saturated rings. The predicted octanol–water partition coefficient (Wildman–Crippen LogP) is 2.34. The quantitative estimate of drug-likeness (QED) is 0.843. The zero-order valence-corrected chi connectivity index (χ0v) is 14.6. The van der Waals surface area contributed by atoms with E-state index in [0.717, 1.165) is 0 Å². The van der Waals surface area contributed by atoms with Crippen LogP contribution in [0.1, 0.15) is 20.7 Å². The topological polar surface area (TPSA) is 62.7 Å². The number of hydrogen-bond acceptors (Lipinski definition) is 4. The van der Waals surface area contributed by atoms with Gasteiger partial charge in [0.05, 0.1) is 23.3 Å². The average Bonchev–Trinajstić information content (AvgIpc) is 2.67. The fraction of sp³-hybridized carbons (Fsp3) is 0.278. The molecule has 0 atom stereocenters. The van der Waals surface area contributed by atoms with E-state index in [1.807, 2.05) is 0 Å². The van der Waals surface area contributed by atoms with Crippen LogP contribution in [0.25, 0.3) is 0 Å². The second-order valence-corrected chi connectivity index (χ2v) is 6.08. The van der Waals surface area contributed by atoms with Crippen molar-refractivity contribution in [2.75, 3.05) is 33.3 Å². The molecule has 25 heavy (non-hydrogen) atoms. The first kappa shape index (κ1) is 17.2. The van der Waals surface area contributed by atoms with Crippen molar-refractivity contribution in [3.05, 3.63) is 58.9 Å². The Hall–Kier alpha value is -2.60. The predicted molar refractivity (Wildman–Crippen MR) is 94.0 cm³/mol. The second-order valence-electron chi connectivity index (χ2n) is 5.67. The normalized spacial score (nSPS) is 14.3. The number of benzene rings is 1. The van der Waals surface area contributed by atoms with Crippen LogP contribution in [0.15, 0.2) is 42.7 Å². The Morgan fingerprint density at radius 1 is 1.08 bits per heavy atom. The van der Waals surface area contributed by atoms with Crippen molar-refractivity contribution >= 4 is 23.4 Å². The molecule has 1 saturated heterocycles. The lowest BCUT2D eigenvalue weighted by Crippen LogP contribution is -2.50. The zero-order valence-electron chi connectivity index (χ0n) is 13.8. The lowest BCUT2D eigenvalue weighted by molar-refractivity contribution is 0.0535. The summed E-state index contributed by atoms with van der Waals surface area (Å²) >= 11 is 6.18. The number of carbonyl (C=O) groups is 2. The SMILES string of the molecule is COc1ccc(C(=O)N2CCN(C(=O)c3cccnc3)CC2)c(Cl)c1. The number of amides is 2. The lowest BCUT2D eigenvalue weighted by Gasteiger charge is -2.35. The molecule has 6 nitrogen and oxygen atoms in total. The van der Waals surface area contributed by atoms with Crippen LogP contribution in [0.3, 0.4) is 0 Å². The molecule has 0 N–H and O–H groups in total. The molecule has 0 saturated carbocycles. The minimum absolute atomic E-state index is 0.0670. The molecule has 1 aromatic heterocycles. The Kier molecular flexibility index (Phi) is 5.19. The first-order valence-corrected chi connectivity index (χ1v) is 8.30. The van der Waals surface area contributed by atoms with Crippen LogP contribution in [-0.2, 0) is 0 Å². The summed E-state index contributed by atoms with van der Waals surface area (Å²) in [6.07, 6.45) is 3.18. The van der Waals surface area contributed by atoms with Crippen molar-refractivity contribution in [1.82, 2.24) is 14.8 Å². The third-order valence-corrected chi connectivity index (χ3v) is 4.48. The summed E-state index contributed by atoms with van der Waals surface area (Å²) in [5, 5.41) is 0.359. The molecule has 0 radical (unpaired) electrons. The van der Waals surface area contributed by atoms with Crippen LogP contribution in [0.4, 0.5) is 0 Å². The highest BCUT2D eigenvalue weighted by Gasteiger charge is 2.26. The van der Waals surface area contributed by atoms with Crippen molar-refractivity contribution in [1.29, 1.82) is 0 Å². The van der Waals surface area contributed by atoms with Crippen molar-refractivity contribution in [2.24, 2.45) is 0 Å². The van der Waals surface area contributed by atoms with Crippen LogP contribution in [0.5, 0.6) is 5.75 Å². The molecule has 2 heterocycles. The molecule has 1 aromatic carbocycles. The molecular formula is C18H18ClN3O3. The van der Waals surface area contributed by atoms with E-state index < -0.39 is 0 Å². The molecule has 1 aliphatic heterocycles. The number of aromatic nitrogens is 1. The van der Waals surface area contributed by atoms with Crippen LogP contribution < -0.4 is 4.74 Å². The van der Waals surface area contributed by atoms with Gasteiger partial charge in [0.15, 0.2) is 0 Å². The number of methoxy groups -OCH3 is 1. The van der Waals surface area contributed by atoms with Crippen LogP contribution in [0.2, 0.25) is 5.02 Å². The minimum Gasteiger partial charge on any atom is -0.497 e. The van der Waals surface area contributed by atoms with Gasteiger partial charge in [-0.25, -0.2) is 0 Å². The zero-order chi connectivity index (χ0) is 17.8. The summed E-state index contributed by atoms with van der Waals surface area (Å²) in [6, 6.07) is 8.47. The third kappa shape index (κ3) is 3.74. The monoisotopic (exact) mass is 359 g/mol. The van der Waals surface area contributed by atoms with Gasteiger partial charge in [-0.05, 0) is 30.3 Å². The highest BCUT2D eigenvalue weighted by atomic mass is 35.5. The van der Waals surface area contributed by atoms with E-state index in [9.17, 15) is 9.59 Å². The van der Waals surface area contributed by atoms with Crippen molar-refractivity contribution in [2.45, 2.75) is 0 Å². The van der Waals surface area contributed by atoms with E-state index >= 15 is 0 Å². The maximum Gasteiger partial charge on any atom is 0.255 e. The van der Waals surface area contributed by atoms with Gasteiger partial charge in [-0.1, -0.05) is 11.6 Å². The molecule has 3 rings (SSSR count). The molecule has 7 heteroatoms. The molecule has 0 aliphatic carbocycles. The van der Waals surface area contributed by atoms with Gasteiger partial charge < -0.3 is 14.5 Å². The van der Waals surface area contributed by atoms with Gasteiger partial charge in [0, 0.05) is 38.6 Å². The van der Waals surface area contributed by atoms with Gasteiger partial charge in [-0.2, -0.15) is 0 Å². The Labute approximate surface area is 151 Å². The summed E-state index contributed by atoms with van der Waals surface area (Å²) in [6.45, 7) is 1.89. The third-order valence-electron chi connectivity index (χ3n) is 4.17. The summed E-state index contributed by atoms with van der Waals surface area (Å²) in [7, 11) is 1.55. The van der Waals surface area contributed by atoms with Crippen molar-refractivity contribution in [3.8, 4) is 5.75 Å². The standard InChI is InChI=1S/C18H18ClN3O3/c1-25-14-4-5-15(16(19)11-14)18(24)22-9-7-21(8-10-22)17(23)13-3-2-6-20-12-13/h2-6,11-12H,7-10H2,1H3. The summed E-state index contributed by atoms with van der Waals surface area (Å²) in [5.41, 5.74) is 0.995. The largest absolute Gasteiger partial charge is 0.497 e. The number of rotatable bonds is 3. The van der Waals surface area contributed by atoms with Gasteiger partial charge in [0.1, 0.15) is 5.75 Å². The highest BCUT2D eigenvalue weighted by Crippen LogP contribution is 2.24. The Balaban J connectivity index is 1.64. The maximum atomic E-state index is 12.7. The molecule has 0 unspecified atom stereocenters. The van der Waals surface area contributed by atoms with Gasteiger partial charge in [0.2, 0.25) is 0 Å². The number of ether oxygens (including phenoxy) is 1. The lowest BCUT2D eigenvalue weighted by atomic mass is 10.1. The van der Waals surface area contributed by atoms with Crippen molar-refractivity contribution < 1.29 is 14.3 Å². The van der Waals surface area contributed by atoms with Gasteiger partial charge in [-0.3, -0.25) is 14.6 Å². The van der Waals surface area contributed by atoms with Crippen LogP contribution in [-0.4, -0.2) is 59.9 Å². The number of pyridine rings is 1. The fourth-order valence-electron chi connectivity index (χ4n) is 2.75. The van der Waals surface area contributed by atoms with Crippen LogP contribution >= 0.6 is 11.6 Å². The Bertz CT molecular complexity index is 774. The Morgan fingerprint density at radius 2 is 1.76 bits per heavy atom. The molecule has 0 spiro atoms. The number of nitrogens with zero attached hydrogens (tertiary/aromatic N) is 3. The molecular weight excluding hydrogens is 342 g/mol. The summed E-state index contributed by atoms with van der Waals surface area (Å²) in [4.78, 5) is 32.5. The van der Waals surface area contributed by atoms with E-state index in [4.69, 9.17) is 16.3 Å². The number of halogens is 1. The summed E-state index contributed by atoms with van der Waals surface area (Å²) in [5.74, 6) is 0.400. The number of hydrogen-bond donors (Lipinski definition) is 0. The van der Waals surface area contributed by atoms with E-state index in [1.165, 1.54) is 0 Å². The summed E-state index contributed by atoms with van der Waals surface area (Å²) < 4.78 is 5.10. The highest BCUT2D eigenvalue weighted by molar-refractivity contribution is 6.34. The van der Waals surface area contributed by atoms with Gasteiger partial charge in [-0.15, -0.1) is 0 Å². The van der Waals surface area contributed by atoms with E-state index in [-0.39, 0.29) is 11.8 Å². The molecule has 2 aromatic rings. The number of piperazine rings is 1. The van der Waals surface area contributed by atoms with E-state index in [0.29, 0.717) is 48.1 Å². The maximum absolute atomic E-state index is 12.7. The molecule has 130 valence electrons. The van der Waals surface area contributed by atoms with E-state index in [2.05, 4.69) is 4.98 Å². The second kappa shape index (κ2) is 7.53. The number of carbonyl (C=O) groups excluding carboxylic acids is 2. The Morgan fingerprint density at radius 3 is 2.32 bits per heavy atom. The first-order chi connectivity index (χ1) is 12.1. The van der Waals surface area contributed by atoms with E-state index in [1.54, 1.807) is 59.6 Å².